The van der Waals surface area contributed by atoms with E-state index in [-0.39, 0.29) is 5.91 Å². The van der Waals surface area contributed by atoms with Crippen LogP contribution >= 0.6 is 11.6 Å². The Balaban J connectivity index is 1.78. The van der Waals surface area contributed by atoms with Crippen LogP contribution in [0.4, 0.5) is 5.69 Å². The molecule has 0 aromatic heterocycles. The highest BCUT2D eigenvalue weighted by molar-refractivity contribution is 6.30. The van der Waals surface area contributed by atoms with Crippen molar-refractivity contribution < 1.29 is 14.3 Å². The Hall–Kier alpha value is -2.33. The summed E-state index contributed by atoms with van der Waals surface area (Å²) in [5.74, 6) is 0.286. The lowest BCUT2D eigenvalue weighted by Crippen LogP contribution is -2.68. The first-order valence-electron chi connectivity index (χ1n) is 6.87. The summed E-state index contributed by atoms with van der Waals surface area (Å²) < 4.78 is 5.62. The Morgan fingerprint density at radius 2 is 1.73 bits per heavy atom. The molecular formula is C17H14ClNO3. The number of ether oxygens (including phenoxy) is 1. The van der Waals surface area contributed by atoms with Crippen molar-refractivity contribution in [3.05, 3.63) is 59.1 Å². The minimum absolute atomic E-state index is 0.226. The first kappa shape index (κ1) is 14.6. The Bertz CT molecular complexity index is 697. The van der Waals surface area contributed by atoms with Crippen molar-refractivity contribution in [3.63, 3.8) is 0 Å². The molecule has 112 valence electrons. The number of hydrogen-bond acceptors (Lipinski definition) is 3. The molecule has 3 rings (SSSR count). The van der Waals surface area contributed by atoms with Crippen molar-refractivity contribution in [1.29, 1.82) is 0 Å². The molecule has 22 heavy (non-hydrogen) atoms. The molecule has 0 bridgehead atoms. The first-order valence-corrected chi connectivity index (χ1v) is 7.25. The number of hydrogen-bond donors (Lipinski definition) is 0. The Morgan fingerprint density at radius 1 is 1.09 bits per heavy atom. The van der Waals surface area contributed by atoms with Gasteiger partial charge in [0.05, 0.1) is 0 Å². The first-order chi connectivity index (χ1) is 10.6. The zero-order chi connectivity index (χ0) is 15.7. The number of aryl methyl sites for hydroxylation is 1. The second-order valence-corrected chi connectivity index (χ2v) is 5.60. The van der Waals surface area contributed by atoms with E-state index in [9.17, 15) is 9.59 Å². The summed E-state index contributed by atoms with van der Waals surface area (Å²) in [6, 6.07) is 13.5. The van der Waals surface area contributed by atoms with Crippen LogP contribution in [0.3, 0.4) is 0 Å². The van der Waals surface area contributed by atoms with Gasteiger partial charge in [0.25, 0.3) is 5.91 Å². The van der Waals surface area contributed by atoms with Crippen molar-refractivity contribution >= 4 is 29.5 Å². The molecule has 1 heterocycles. The summed E-state index contributed by atoms with van der Waals surface area (Å²) in [4.78, 5) is 25.1. The standard InChI is InChI=1S/C17H14ClNO3/c1-11-2-6-13(7-3-11)19-15(10-20)16(17(19)21)22-14-8-4-12(18)5-9-14/h2-10,15-16H,1H3/t15-,16+/m1/s1. The van der Waals surface area contributed by atoms with E-state index in [1.807, 2.05) is 31.2 Å². The second-order valence-electron chi connectivity index (χ2n) is 5.16. The summed E-state index contributed by atoms with van der Waals surface area (Å²) in [5.41, 5.74) is 1.79. The normalized spacial score (nSPS) is 20.5. The molecule has 1 amide bonds. The molecule has 2 aromatic carbocycles. The van der Waals surface area contributed by atoms with E-state index in [0.717, 1.165) is 11.8 Å². The predicted molar refractivity (Wildman–Crippen MR) is 84.4 cm³/mol. The molecule has 2 aromatic rings. The fraction of sp³-hybridized carbons (Fsp3) is 0.176. The molecule has 1 fully saturated rings. The van der Waals surface area contributed by atoms with Crippen molar-refractivity contribution in [2.75, 3.05) is 4.90 Å². The number of β-lactam (4-membered cyclic amide) rings is 1. The van der Waals surface area contributed by atoms with Crippen LogP contribution in [0.2, 0.25) is 5.02 Å². The van der Waals surface area contributed by atoms with E-state index in [4.69, 9.17) is 16.3 Å². The van der Waals surface area contributed by atoms with Gasteiger partial charge >= 0.3 is 0 Å². The quantitative estimate of drug-likeness (QED) is 0.643. The van der Waals surface area contributed by atoms with E-state index in [0.29, 0.717) is 16.5 Å². The van der Waals surface area contributed by atoms with Gasteiger partial charge in [0.15, 0.2) is 0 Å². The highest BCUT2D eigenvalue weighted by Crippen LogP contribution is 2.30. The average molecular weight is 316 g/mol. The molecule has 1 saturated heterocycles. The minimum Gasteiger partial charge on any atom is -0.478 e. The summed E-state index contributed by atoms with van der Waals surface area (Å²) >= 11 is 5.81. The van der Waals surface area contributed by atoms with Gasteiger partial charge in [-0.15, -0.1) is 0 Å². The van der Waals surface area contributed by atoms with E-state index >= 15 is 0 Å². The summed E-state index contributed by atoms with van der Waals surface area (Å²) in [6.45, 7) is 1.96. The highest BCUT2D eigenvalue weighted by atomic mass is 35.5. The van der Waals surface area contributed by atoms with Gasteiger partial charge in [-0.2, -0.15) is 0 Å². The van der Waals surface area contributed by atoms with Crippen molar-refractivity contribution in [3.8, 4) is 5.75 Å². The molecule has 5 heteroatoms. The number of rotatable bonds is 4. The number of carbonyl (C=O) groups excluding carboxylic acids is 2. The van der Waals surface area contributed by atoms with Crippen molar-refractivity contribution in [1.82, 2.24) is 0 Å². The lowest BCUT2D eigenvalue weighted by Gasteiger charge is -2.43. The third-order valence-electron chi connectivity index (χ3n) is 3.62. The van der Waals surface area contributed by atoms with Crippen LogP contribution < -0.4 is 9.64 Å². The monoisotopic (exact) mass is 315 g/mol. The number of amides is 1. The number of aldehydes is 1. The molecule has 0 radical (unpaired) electrons. The van der Waals surface area contributed by atoms with E-state index in [2.05, 4.69) is 0 Å². The predicted octanol–water partition coefficient (Wildman–Crippen LogP) is 3.01. The molecule has 0 unspecified atom stereocenters. The van der Waals surface area contributed by atoms with Crippen LogP contribution in [-0.2, 0) is 9.59 Å². The Labute approximate surface area is 133 Å². The maximum absolute atomic E-state index is 12.3. The van der Waals surface area contributed by atoms with Gasteiger partial charge in [0.1, 0.15) is 18.1 Å². The van der Waals surface area contributed by atoms with E-state index in [1.165, 1.54) is 4.90 Å². The largest absolute Gasteiger partial charge is 0.478 e. The van der Waals surface area contributed by atoms with Gasteiger partial charge in [-0.1, -0.05) is 29.3 Å². The third-order valence-corrected chi connectivity index (χ3v) is 3.87. The second kappa shape index (κ2) is 5.81. The lowest BCUT2D eigenvalue weighted by molar-refractivity contribution is -0.138. The fourth-order valence-electron chi connectivity index (χ4n) is 2.40. The molecule has 0 N–H and O–H groups in total. The fourth-order valence-corrected chi connectivity index (χ4v) is 2.53. The molecule has 1 aliphatic rings. The van der Waals surface area contributed by atoms with Gasteiger partial charge in [-0.25, -0.2) is 0 Å². The number of anilines is 1. The SMILES string of the molecule is Cc1ccc(N2C(=O)[C@@H](Oc3ccc(Cl)cc3)[C@H]2C=O)cc1. The van der Waals surface area contributed by atoms with Crippen molar-refractivity contribution in [2.45, 2.75) is 19.1 Å². The Kier molecular flexibility index (Phi) is 3.86. The van der Waals surface area contributed by atoms with Gasteiger partial charge in [0.2, 0.25) is 6.10 Å². The van der Waals surface area contributed by atoms with Crippen LogP contribution in [0.1, 0.15) is 5.56 Å². The molecule has 1 aliphatic heterocycles. The number of benzene rings is 2. The van der Waals surface area contributed by atoms with Crippen LogP contribution in [0.25, 0.3) is 0 Å². The molecule has 0 aliphatic carbocycles. The molecule has 4 nitrogen and oxygen atoms in total. The zero-order valence-electron chi connectivity index (χ0n) is 11.9. The van der Waals surface area contributed by atoms with Crippen molar-refractivity contribution in [2.24, 2.45) is 0 Å². The van der Waals surface area contributed by atoms with Gasteiger partial charge in [0, 0.05) is 10.7 Å². The highest BCUT2D eigenvalue weighted by Gasteiger charge is 2.50. The van der Waals surface area contributed by atoms with E-state index < -0.39 is 12.1 Å². The van der Waals surface area contributed by atoms with Gasteiger partial charge in [-0.05, 0) is 43.3 Å². The minimum atomic E-state index is -0.792. The summed E-state index contributed by atoms with van der Waals surface area (Å²) in [7, 11) is 0. The maximum Gasteiger partial charge on any atom is 0.271 e. The smallest absolute Gasteiger partial charge is 0.271 e. The average Bonchev–Trinajstić information content (AvgIpc) is 2.53. The third kappa shape index (κ3) is 2.57. The van der Waals surface area contributed by atoms with Crippen LogP contribution in [-0.4, -0.2) is 24.3 Å². The van der Waals surface area contributed by atoms with E-state index in [1.54, 1.807) is 24.3 Å². The Morgan fingerprint density at radius 3 is 2.32 bits per heavy atom. The summed E-state index contributed by atoms with van der Waals surface area (Å²) in [5, 5.41) is 0.584. The molecule has 0 spiro atoms. The zero-order valence-corrected chi connectivity index (χ0v) is 12.7. The molecular weight excluding hydrogens is 302 g/mol. The van der Waals surface area contributed by atoms with Crippen LogP contribution in [0.5, 0.6) is 5.75 Å². The van der Waals surface area contributed by atoms with Gasteiger partial charge < -0.3 is 9.53 Å². The number of halogens is 1. The number of carbonyl (C=O) groups is 2. The number of nitrogens with zero attached hydrogens (tertiary/aromatic N) is 1. The van der Waals surface area contributed by atoms with Gasteiger partial charge in [-0.3, -0.25) is 9.69 Å². The summed E-state index contributed by atoms with van der Waals surface area (Å²) in [6.07, 6.45) is -0.0537. The topological polar surface area (TPSA) is 46.6 Å². The molecule has 2 atom stereocenters. The maximum atomic E-state index is 12.3. The van der Waals surface area contributed by atoms with Crippen LogP contribution in [0.15, 0.2) is 48.5 Å². The molecule has 0 saturated carbocycles. The lowest BCUT2D eigenvalue weighted by atomic mass is 9.97. The van der Waals surface area contributed by atoms with Crippen LogP contribution in [0, 0.1) is 6.92 Å².